The number of ether oxygens (including phenoxy) is 3. The van der Waals surface area contributed by atoms with Crippen LogP contribution in [0.2, 0.25) is 0 Å². The standard InChI is InChI=1S/C21H17NO5/c1-14(23)26-17-10-7-15(8-11-17)13-18-21(24)27-20(22-18)12-9-16-5-3-4-6-19(16)25-2/h3-13H,1-2H3/b12-9+,18-13-. The average molecular weight is 363 g/mol. The molecule has 0 fully saturated rings. The molecule has 0 unspecified atom stereocenters. The van der Waals surface area contributed by atoms with E-state index in [2.05, 4.69) is 4.99 Å². The Morgan fingerprint density at radius 1 is 1.07 bits per heavy atom. The second-order valence-electron chi connectivity index (χ2n) is 5.61. The zero-order valence-electron chi connectivity index (χ0n) is 14.8. The summed E-state index contributed by atoms with van der Waals surface area (Å²) in [6.07, 6.45) is 4.98. The second kappa shape index (κ2) is 8.14. The smallest absolute Gasteiger partial charge is 0.363 e. The van der Waals surface area contributed by atoms with Crippen LogP contribution in [-0.4, -0.2) is 24.9 Å². The summed E-state index contributed by atoms with van der Waals surface area (Å²) in [6.45, 7) is 1.33. The molecule has 2 aromatic rings. The van der Waals surface area contributed by atoms with Crippen molar-refractivity contribution in [3.8, 4) is 11.5 Å². The van der Waals surface area contributed by atoms with Gasteiger partial charge in [-0.25, -0.2) is 9.79 Å². The largest absolute Gasteiger partial charge is 0.496 e. The molecule has 1 aliphatic rings. The Morgan fingerprint density at radius 2 is 1.81 bits per heavy atom. The Balaban J connectivity index is 1.76. The summed E-state index contributed by atoms with van der Waals surface area (Å²) in [4.78, 5) is 27.1. The van der Waals surface area contributed by atoms with Crippen LogP contribution in [0, 0.1) is 0 Å². The molecule has 0 radical (unpaired) electrons. The number of methoxy groups -OCH3 is 1. The molecule has 6 nitrogen and oxygen atoms in total. The van der Waals surface area contributed by atoms with Gasteiger partial charge in [0.25, 0.3) is 0 Å². The Morgan fingerprint density at radius 3 is 2.52 bits per heavy atom. The van der Waals surface area contributed by atoms with Gasteiger partial charge >= 0.3 is 11.9 Å². The van der Waals surface area contributed by atoms with Crippen molar-refractivity contribution in [2.24, 2.45) is 4.99 Å². The lowest BCUT2D eigenvalue weighted by Crippen LogP contribution is -2.01. The highest BCUT2D eigenvalue weighted by atomic mass is 16.6. The van der Waals surface area contributed by atoms with E-state index in [1.807, 2.05) is 24.3 Å². The normalized spacial score (nSPS) is 15.0. The van der Waals surface area contributed by atoms with Gasteiger partial charge in [-0.3, -0.25) is 4.79 Å². The van der Waals surface area contributed by atoms with Gasteiger partial charge in [-0.2, -0.15) is 0 Å². The summed E-state index contributed by atoms with van der Waals surface area (Å²) in [7, 11) is 1.59. The summed E-state index contributed by atoms with van der Waals surface area (Å²) < 4.78 is 15.4. The minimum Gasteiger partial charge on any atom is -0.496 e. The number of para-hydroxylation sites is 1. The molecular formula is C21H17NO5. The van der Waals surface area contributed by atoms with Gasteiger partial charge in [-0.1, -0.05) is 30.3 Å². The summed E-state index contributed by atoms with van der Waals surface area (Å²) in [5.74, 6) is 0.425. The number of benzene rings is 2. The molecule has 2 aromatic carbocycles. The van der Waals surface area contributed by atoms with Crippen molar-refractivity contribution in [1.82, 2.24) is 0 Å². The highest BCUT2D eigenvalue weighted by molar-refractivity contribution is 6.11. The van der Waals surface area contributed by atoms with Gasteiger partial charge < -0.3 is 14.2 Å². The predicted octanol–water partition coefficient (Wildman–Crippen LogP) is 3.63. The van der Waals surface area contributed by atoms with Crippen LogP contribution in [0.4, 0.5) is 0 Å². The van der Waals surface area contributed by atoms with Crippen LogP contribution < -0.4 is 9.47 Å². The number of aliphatic imine (C=N–C) groups is 1. The quantitative estimate of drug-likeness (QED) is 0.461. The van der Waals surface area contributed by atoms with Gasteiger partial charge in [-0.15, -0.1) is 0 Å². The molecule has 136 valence electrons. The van der Waals surface area contributed by atoms with Crippen LogP contribution in [0.15, 0.2) is 65.3 Å². The number of cyclic esters (lactones) is 1. The summed E-state index contributed by atoms with van der Waals surface area (Å²) in [5.41, 5.74) is 1.77. The first-order chi connectivity index (χ1) is 13.0. The van der Waals surface area contributed by atoms with E-state index in [0.717, 1.165) is 11.1 Å². The minimum absolute atomic E-state index is 0.190. The first-order valence-corrected chi connectivity index (χ1v) is 8.17. The lowest BCUT2D eigenvalue weighted by molar-refractivity contribution is -0.132. The van der Waals surface area contributed by atoms with Gasteiger partial charge in [0.1, 0.15) is 11.5 Å². The SMILES string of the molecule is COc1ccccc1/C=C/C1=NC(=C\c2ccc(OC(C)=O)cc2)/C(=O)O1. The van der Waals surface area contributed by atoms with Gasteiger partial charge in [0.05, 0.1) is 7.11 Å². The summed E-state index contributed by atoms with van der Waals surface area (Å²) >= 11 is 0. The van der Waals surface area contributed by atoms with E-state index in [1.165, 1.54) is 6.92 Å². The Hall–Kier alpha value is -3.67. The maximum absolute atomic E-state index is 12.0. The molecule has 0 N–H and O–H groups in total. The third-order valence-corrected chi connectivity index (χ3v) is 3.63. The van der Waals surface area contributed by atoms with Crippen molar-refractivity contribution in [1.29, 1.82) is 0 Å². The van der Waals surface area contributed by atoms with Gasteiger partial charge in [0.15, 0.2) is 5.70 Å². The molecule has 0 spiro atoms. The number of hydrogen-bond acceptors (Lipinski definition) is 6. The molecule has 0 atom stereocenters. The Labute approximate surface area is 156 Å². The zero-order valence-corrected chi connectivity index (χ0v) is 14.8. The molecule has 0 aromatic heterocycles. The van der Waals surface area contributed by atoms with Gasteiger partial charge in [0.2, 0.25) is 5.90 Å². The van der Waals surface area contributed by atoms with Crippen molar-refractivity contribution in [2.75, 3.05) is 7.11 Å². The van der Waals surface area contributed by atoms with Crippen LogP contribution in [0.25, 0.3) is 12.2 Å². The molecule has 0 aliphatic carbocycles. The highest BCUT2D eigenvalue weighted by Crippen LogP contribution is 2.21. The fraction of sp³-hybridized carbons (Fsp3) is 0.0952. The van der Waals surface area contributed by atoms with Crippen molar-refractivity contribution < 1.29 is 23.8 Å². The first kappa shape index (κ1) is 18.1. The van der Waals surface area contributed by atoms with E-state index in [-0.39, 0.29) is 11.6 Å². The van der Waals surface area contributed by atoms with Crippen LogP contribution in [0.5, 0.6) is 11.5 Å². The maximum Gasteiger partial charge on any atom is 0.363 e. The van der Waals surface area contributed by atoms with Crippen molar-refractivity contribution in [3.05, 3.63) is 71.4 Å². The van der Waals surface area contributed by atoms with Crippen LogP contribution >= 0.6 is 0 Å². The highest BCUT2D eigenvalue weighted by Gasteiger charge is 2.21. The lowest BCUT2D eigenvalue weighted by atomic mass is 10.2. The number of nitrogens with zero attached hydrogens (tertiary/aromatic N) is 1. The molecule has 0 saturated heterocycles. The third-order valence-electron chi connectivity index (χ3n) is 3.63. The molecule has 1 heterocycles. The van der Waals surface area contributed by atoms with E-state index in [0.29, 0.717) is 11.5 Å². The fourth-order valence-electron chi connectivity index (χ4n) is 2.42. The monoisotopic (exact) mass is 363 g/mol. The molecule has 0 saturated carbocycles. The fourth-order valence-corrected chi connectivity index (χ4v) is 2.42. The summed E-state index contributed by atoms with van der Waals surface area (Å²) in [5, 5.41) is 0. The summed E-state index contributed by atoms with van der Waals surface area (Å²) in [6, 6.07) is 14.2. The number of carbonyl (C=O) groups excluding carboxylic acids is 2. The topological polar surface area (TPSA) is 74.2 Å². The number of carbonyl (C=O) groups is 2. The van der Waals surface area contributed by atoms with Gasteiger partial charge in [0, 0.05) is 18.6 Å². The van der Waals surface area contributed by atoms with Crippen LogP contribution in [0.1, 0.15) is 18.1 Å². The number of esters is 2. The van der Waals surface area contributed by atoms with Crippen molar-refractivity contribution in [3.63, 3.8) is 0 Å². The van der Waals surface area contributed by atoms with E-state index in [1.54, 1.807) is 49.6 Å². The van der Waals surface area contributed by atoms with Crippen LogP contribution in [-0.2, 0) is 14.3 Å². The first-order valence-electron chi connectivity index (χ1n) is 8.17. The number of rotatable bonds is 5. The number of hydrogen-bond donors (Lipinski definition) is 0. The molecular weight excluding hydrogens is 346 g/mol. The van der Waals surface area contributed by atoms with E-state index in [4.69, 9.17) is 14.2 Å². The second-order valence-corrected chi connectivity index (χ2v) is 5.61. The van der Waals surface area contributed by atoms with Gasteiger partial charge in [-0.05, 0) is 35.9 Å². The molecule has 3 rings (SSSR count). The van der Waals surface area contributed by atoms with E-state index < -0.39 is 11.9 Å². The van der Waals surface area contributed by atoms with Crippen molar-refractivity contribution in [2.45, 2.75) is 6.92 Å². The van der Waals surface area contributed by atoms with Crippen LogP contribution in [0.3, 0.4) is 0 Å². The molecule has 0 amide bonds. The molecule has 1 aliphatic heterocycles. The average Bonchev–Trinajstić information content (AvgIpc) is 3.01. The van der Waals surface area contributed by atoms with E-state index in [9.17, 15) is 9.59 Å². The lowest BCUT2D eigenvalue weighted by Gasteiger charge is -2.02. The molecule has 6 heteroatoms. The van der Waals surface area contributed by atoms with Crippen molar-refractivity contribution >= 4 is 30.0 Å². The predicted molar refractivity (Wildman–Crippen MR) is 101 cm³/mol. The minimum atomic E-state index is -0.529. The Kier molecular flexibility index (Phi) is 5.47. The van der Waals surface area contributed by atoms with E-state index >= 15 is 0 Å². The molecule has 27 heavy (non-hydrogen) atoms. The molecule has 0 bridgehead atoms. The Bertz CT molecular complexity index is 955. The third kappa shape index (κ3) is 4.70. The zero-order chi connectivity index (χ0) is 19.2. The maximum atomic E-state index is 12.0.